The Balaban J connectivity index is 2.82. The zero-order chi connectivity index (χ0) is 13.6. The lowest BCUT2D eigenvalue weighted by atomic mass is 9.95. The van der Waals surface area contributed by atoms with Gasteiger partial charge in [-0.3, -0.25) is 4.98 Å². The van der Waals surface area contributed by atoms with Crippen molar-refractivity contribution in [2.75, 3.05) is 18.6 Å². The number of pyridine rings is 1. The van der Waals surface area contributed by atoms with Gasteiger partial charge in [0, 0.05) is 24.7 Å². The molecule has 102 valence electrons. The molecule has 1 aromatic heterocycles. The van der Waals surface area contributed by atoms with Crippen LogP contribution < -0.4 is 5.32 Å². The first-order chi connectivity index (χ1) is 8.44. The van der Waals surface area contributed by atoms with Crippen molar-refractivity contribution in [2.24, 2.45) is 0 Å². The maximum absolute atomic E-state index is 11.5. The molecule has 0 fully saturated rings. The quantitative estimate of drug-likeness (QED) is 0.817. The fourth-order valence-corrected chi connectivity index (χ4v) is 2.99. The number of aromatic nitrogens is 1. The number of hydrogen-bond acceptors (Lipinski definition) is 4. The molecule has 1 N–H and O–H groups in total. The molecule has 1 heterocycles. The molecule has 0 bridgehead atoms. The summed E-state index contributed by atoms with van der Waals surface area (Å²) in [7, 11) is -2.98. The monoisotopic (exact) mass is 270 g/mol. The minimum Gasteiger partial charge on any atom is -0.312 e. The number of sulfone groups is 1. The molecule has 0 saturated heterocycles. The first-order valence-electron chi connectivity index (χ1n) is 6.25. The van der Waals surface area contributed by atoms with Crippen LogP contribution in [0.3, 0.4) is 0 Å². The van der Waals surface area contributed by atoms with Crippen molar-refractivity contribution in [3.05, 3.63) is 30.1 Å². The Hall–Kier alpha value is -0.940. The van der Waals surface area contributed by atoms with E-state index < -0.39 is 9.84 Å². The molecule has 0 aliphatic rings. The summed E-state index contributed by atoms with van der Waals surface area (Å²) >= 11 is 0. The SMILES string of the molecule is CCCNC(CS(C)(=O)=O)C(C)c1ccncc1. The summed E-state index contributed by atoms with van der Waals surface area (Å²) < 4.78 is 23.0. The highest BCUT2D eigenvalue weighted by atomic mass is 32.2. The highest BCUT2D eigenvalue weighted by Crippen LogP contribution is 2.19. The summed E-state index contributed by atoms with van der Waals surface area (Å²) in [6.07, 6.45) is 5.75. The van der Waals surface area contributed by atoms with Crippen LogP contribution in [0.2, 0.25) is 0 Å². The van der Waals surface area contributed by atoms with Gasteiger partial charge >= 0.3 is 0 Å². The van der Waals surface area contributed by atoms with Crippen molar-refractivity contribution in [3.8, 4) is 0 Å². The molecule has 0 radical (unpaired) electrons. The van der Waals surface area contributed by atoms with Gasteiger partial charge in [0.1, 0.15) is 9.84 Å². The Morgan fingerprint density at radius 3 is 2.44 bits per heavy atom. The average Bonchev–Trinajstić information content (AvgIpc) is 2.33. The van der Waals surface area contributed by atoms with Crippen molar-refractivity contribution < 1.29 is 8.42 Å². The van der Waals surface area contributed by atoms with Gasteiger partial charge in [-0.2, -0.15) is 0 Å². The van der Waals surface area contributed by atoms with Gasteiger partial charge in [0.2, 0.25) is 0 Å². The second-order valence-corrected chi connectivity index (χ2v) is 6.91. The Bertz CT molecular complexity index is 445. The predicted molar refractivity (Wildman–Crippen MR) is 74.4 cm³/mol. The van der Waals surface area contributed by atoms with E-state index >= 15 is 0 Å². The Labute approximate surface area is 110 Å². The van der Waals surface area contributed by atoms with Gasteiger partial charge in [-0.1, -0.05) is 13.8 Å². The molecule has 18 heavy (non-hydrogen) atoms. The van der Waals surface area contributed by atoms with Gasteiger partial charge < -0.3 is 5.32 Å². The van der Waals surface area contributed by atoms with E-state index in [9.17, 15) is 8.42 Å². The van der Waals surface area contributed by atoms with Crippen molar-refractivity contribution in [3.63, 3.8) is 0 Å². The number of hydrogen-bond donors (Lipinski definition) is 1. The van der Waals surface area contributed by atoms with Crippen LogP contribution in [0.1, 0.15) is 31.7 Å². The highest BCUT2D eigenvalue weighted by Gasteiger charge is 2.22. The summed E-state index contributed by atoms with van der Waals surface area (Å²) in [6, 6.07) is 3.82. The molecule has 0 aliphatic heterocycles. The maximum Gasteiger partial charge on any atom is 0.149 e. The van der Waals surface area contributed by atoms with Gasteiger partial charge in [-0.15, -0.1) is 0 Å². The molecule has 5 heteroatoms. The van der Waals surface area contributed by atoms with Crippen LogP contribution in [0.5, 0.6) is 0 Å². The molecular formula is C13H22N2O2S. The minimum atomic E-state index is -2.98. The maximum atomic E-state index is 11.5. The summed E-state index contributed by atoms with van der Waals surface area (Å²) in [5.41, 5.74) is 1.11. The molecule has 0 aromatic carbocycles. The Morgan fingerprint density at radius 2 is 1.94 bits per heavy atom. The van der Waals surface area contributed by atoms with Crippen LogP contribution in [0, 0.1) is 0 Å². The van der Waals surface area contributed by atoms with Crippen molar-refractivity contribution >= 4 is 9.84 Å². The van der Waals surface area contributed by atoms with Gasteiger partial charge in [0.05, 0.1) is 5.75 Å². The molecule has 1 rings (SSSR count). The van der Waals surface area contributed by atoms with Gasteiger partial charge in [0.25, 0.3) is 0 Å². The zero-order valence-corrected chi connectivity index (χ0v) is 12.1. The van der Waals surface area contributed by atoms with Crippen LogP contribution in [0.4, 0.5) is 0 Å². The topological polar surface area (TPSA) is 59.1 Å². The average molecular weight is 270 g/mol. The number of nitrogens with one attached hydrogen (secondary N) is 1. The van der Waals surface area contributed by atoms with E-state index in [2.05, 4.69) is 17.2 Å². The first kappa shape index (κ1) is 15.1. The fourth-order valence-electron chi connectivity index (χ4n) is 1.94. The molecular weight excluding hydrogens is 248 g/mol. The summed E-state index contributed by atoms with van der Waals surface area (Å²) in [5, 5.41) is 3.32. The molecule has 0 spiro atoms. The second-order valence-electron chi connectivity index (χ2n) is 4.72. The van der Waals surface area contributed by atoms with Gasteiger partial charge in [0.15, 0.2) is 0 Å². The summed E-state index contributed by atoms with van der Waals surface area (Å²) in [6.45, 7) is 4.95. The molecule has 1 aromatic rings. The molecule has 0 amide bonds. The third kappa shape index (κ3) is 5.14. The van der Waals surface area contributed by atoms with Gasteiger partial charge in [-0.25, -0.2) is 8.42 Å². The van der Waals surface area contributed by atoms with Crippen molar-refractivity contribution in [1.82, 2.24) is 10.3 Å². The van der Waals surface area contributed by atoms with E-state index in [0.29, 0.717) is 0 Å². The van der Waals surface area contributed by atoms with Crippen LogP contribution in [0.25, 0.3) is 0 Å². The summed E-state index contributed by atoms with van der Waals surface area (Å²) in [5.74, 6) is 0.311. The van der Waals surface area contributed by atoms with Crippen LogP contribution in [-0.4, -0.2) is 38.0 Å². The third-order valence-electron chi connectivity index (χ3n) is 2.97. The normalized spacial score (nSPS) is 15.3. The first-order valence-corrected chi connectivity index (χ1v) is 8.31. The molecule has 2 unspecified atom stereocenters. The third-order valence-corrected chi connectivity index (χ3v) is 3.94. The standard InChI is InChI=1S/C13H22N2O2S/c1-4-7-15-13(10-18(3,16)17)11(2)12-5-8-14-9-6-12/h5-6,8-9,11,13,15H,4,7,10H2,1-3H3. The smallest absolute Gasteiger partial charge is 0.149 e. The van der Waals surface area contributed by atoms with Crippen LogP contribution in [0.15, 0.2) is 24.5 Å². The predicted octanol–water partition coefficient (Wildman–Crippen LogP) is 1.60. The molecule has 0 saturated carbocycles. The van der Waals surface area contributed by atoms with E-state index in [0.717, 1.165) is 18.5 Å². The zero-order valence-electron chi connectivity index (χ0n) is 11.3. The van der Waals surface area contributed by atoms with Crippen LogP contribution >= 0.6 is 0 Å². The molecule has 4 nitrogen and oxygen atoms in total. The van der Waals surface area contributed by atoms with E-state index in [1.54, 1.807) is 12.4 Å². The highest BCUT2D eigenvalue weighted by molar-refractivity contribution is 7.90. The van der Waals surface area contributed by atoms with Gasteiger partial charge in [-0.05, 0) is 36.6 Å². The lowest BCUT2D eigenvalue weighted by Crippen LogP contribution is -2.40. The second kappa shape index (κ2) is 6.85. The Kier molecular flexibility index (Phi) is 5.75. The Morgan fingerprint density at radius 1 is 1.33 bits per heavy atom. The fraction of sp³-hybridized carbons (Fsp3) is 0.615. The van der Waals surface area contributed by atoms with Crippen molar-refractivity contribution in [2.45, 2.75) is 32.2 Å². The molecule has 0 aliphatic carbocycles. The summed E-state index contributed by atoms with van der Waals surface area (Å²) in [4.78, 5) is 3.99. The molecule has 2 atom stereocenters. The van der Waals surface area contributed by atoms with Crippen LogP contribution in [-0.2, 0) is 9.84 Å². The van der Waals surface area contributed by atoms with E-state index in [1.807, 2.05) is 19.1 Å². The largest absolute Gasteiger partial charge is 0.312 e. The van der Waals surface area contributed by atoms with E-state index in [1.165, 1.54) is 6.26 Å². The lowest BCUT2D eigenvalue weighted by molar-refractivity contribution is 0.476. The lowest BCUT2D eigenvalue weighted by Gasteiger charge is -2.24. The minimum absolute atomic E-state index is 0.0534. The van der Waals surface area contributed by atoms with E-state index in [-0.39, 0.29) is 17.7 Å². The van der Waals surface area contributed by atoms with E-state index in [4.69, 9.17) is 0 Å². The van der Waals surface area contributed by atoms with Crippen molar-refractivity contribution in [1.29, 1.82) is 0 Å². The number of nitrogens with zero attached hydrogens (tertiary/aromatic N) is 1. The number of rotatable bonds is 7.